The Balaban J connectivity index is 1.86. The van der Waals surface area contributed by atoms with E-state index in [0.29, 0.717) is 19.5 Å². The summed E-state index contributed by atoms with van der Waals surface area (Å²) in [4.78, 5) is 13.3. The number of β-amino-alcohol motifs (C(OH)–C–C–N with tert-alkyl or cyclic N) is 1. The second kappa shape index (κ2) is 5.09. The average molecular weight is 281 g/mol. The first-order chi connectivity index (χ1) is 9.21. The van der Waals surface area contributed by atoms with Gasteiger partial charge >= 0.3 is 6.09 Å². The number of ether oxygens (including phenoxy) is 1. The van der Waals surface area contributed by atoms with Crippen molar-refractivity contribution in [3.05, 3.63) is 18.0 Å². The molecule has 1 aliphatic heterocycles. The Kier molecular flexibility index (Phi) is 3.77. The Bertz CT molecular complexity index is 484. The van der Waals surface area contributed by atoms with Gasteiger partial charge in [-0.25, -0.2) is 4.79 Å². The van der Waals surface area contributed by atoms with Gasteiger partial charge in [-0.1, -0.05) is 0 Å². The highest BCUT2D eigenvalue weighted by Gasteiger charge is 2.45. The molecule has 1 aliphatic rings. The van der Waals surface area contributed by atoms with Crippen molar-refractivity contribution in [1.82, 2.24) is 14.7 Å². The molecule has 2 rings (SSSR count). The molecule has 0 aliphatic carbocycles. The molecule has 1 fully saturated rings. The fourth-order valence-electron chi connectivity index (χ4n) is 2.28. The zero-order valence-electron chi connectivity index (χ0n) is 12.6. The van der Waals surface area contributed by atoms with Gasteiger partial charge in [0.05, 0.1) is 19.3 Å². The number of carbonyl (C=O) groups excluding carboxylic acids is 1. The van der Waals surface area contributed by atoms with Crippen molar-refractivity contribution < 1.29 is 14.6 Å². The molecule has 0 radical (unpaired) electrons. The molecule has 0 aromatic carbocycles. The van der Waals surface area contributed by atoms with Crippen LogP contribution in [0.4, 0.5) is 4.79 Å². The van der Waals surface area contributed by atoms with E-state index in [1.54, 1.807) is 6.20 Å². The van der Waals surface area contributed by atoms with Crippen LogP contribution in [0.5, 0.6) is 0 Å². The van der Waals surface area contributed by atoms with E-state index in [0.717, 1.165) is 12.1 Å². The van der Waals surface area contributed by atoms with Crippen molar-refractivity contribution in [2.45, 2.75) is 51.9 Å². The minimum absolute atomic E-state index is 0.305. The van der Waals surface area contributed by atoms with E-state index in [1.807, 2.05) is 38.6 Å². The number of aromatic nitrogens is 2. The van der Waals surface area contributed by atoms with Crippen LogP contribution in [0.25, 0.3) is 0 Å². The number of hydrogen-bond donors (Lipinski definition) is 1. The van der Waals surface area contributed by atoms with Crippen LogP contribution in [0, 0.1) is 0 Å². The number of nitrogens with zero attached hydrogens (tertiary/aromatic N) is 3. The Morgan fingerprint density at radius 2 is 2.15 bits per heavy atom. The van der Waals surface area contributed by atoms with Crippen LogP contribution in [0.3, 0.4) is 0 Å². The molecule has 0 saturated carbocycles. The van der Waals surface area contributed by atoms with Crippen LogP contribution < -0.4 is 0 Å². The number of aliphatic hydroxyl groups is 1. The third kappa shape index (κ3) is 3.50. The first-order valence-electron chi connectivity index (χ1n) is 6.92. The maximum absolute atomic E-state index is 11.8. The highest BCUT2D eigenvalue weighted by molar-refractivity contribution is 5.69. The second-order valence-electron chi connectivity index (χ2n) is 6.44. The minimum Gasteiger partial charge on any atom is -0.444 e. The van der Waals surface area contributed by atoms with Crippen LogP contribution in [-0.4, -0.2) is 50.2 Å². The normalized spacial score (nSPS) is 17.8. The number of hydrogen-bond acceptors (Lipinski definition) is 4. The number of amides is 1. The first kappa shape index (κ1) is 14.8. The van der Waals surface area contributed by atoms with Gasteiger partial charge in [-0.15, -0.1) is 0 Å². The molecule has 0 spiro atoms. The molecule has 20 heavy (non-hydrogen) atoms. The molecule has 1 aromatic rings. The van der Waals surface area contributed by atoms with Crippen molar-refractivity contribution >= 4 is 6.09 Å². The van der Waals surface area contributed by atoms with E-state index in [1.165, 1.54) is 4.90 Å². The van der Waals surface area contributed by atoms with Crippen molar-refractivity contribution in [2.75, 3.05) is 13.1 Å². The van der Waals surface area contributed by atoms with Crippen LogP contribution in [0.2, 0.25) is 0 Å². The summed E-state index contributed by atoms with van der Waals surface area (Å²) < 4.78 is 7.09. The monoisotopic (exact) mass is 281 g/mol. The average Bonchev–Trinajstić information content (AvgIpc) is 2.70. The zero-order valence-corrected chi connectivity index (χ0v) is 12.6. The molecule has 6 heteroatoms. The summed E-state index contributed by atoms with van der Waals surface area (Å²) in [6.07, 6.45) is 3.82. The Labute approximate surface area is 119 Å². The van der Waals surface area contributed by atoms with Gasteiger partial charge in [-0.3, -0.25) is 4.68 Å². The number of aryl methyl sites for hydroxylation is 1. The molecular weight excluding hydrogens is 258 g/mol. The second-order valence-corrected chi connectivity index (χ2v) is 6.44. The molecule has 0 unspecified atom stereocenters. The van der Waals surface area contributed by atoms with Crippen LogP contribution in [-0.2, 0) is 17.7 Å². The van der Waals surface area contributed by atoms with Crippen molar-refractivity contribution in [1.29, 1.82) is 0 Å². The molecule has 1 N–H and O–H groups in total. The molecule has 0 atom stereocenters. The first-order valence-corrected chi connectivity index (χ1v) is 6.92. The van der Waals surface area contributed by atoms with E-state index >= 15 is 0 Å². The van der Waals surface area contributed by atoms with Gasteiger partial charge in [0.1, 0.15) is 11.2 Å². The van der Waals surface area contributed by atoms with Gasteiger partial charge < -0.3 is 14.7 Å². The molecule has 2 heterocycles. The van der Waals surface area contributed by atoms with Gasteiger partial charge in [0, 0.05) is 19.2 Å². The summed E-state index contributed by atoms with van der Waals surface area (Å²) >= 11 is 0. The number of carbonyl (C=O) groups is 1. The summed E-state index contributed by atoms with van der Waals surface area (Å²) in [7, 11) is 0. The third-order valence-electron chi connectivity index (χ3n) is 3.17. The lowest BCUT2D eigenvalue weighted by Crippen LogP contribution is -2.65. The minimum atomic E-state index is -0.863. The van der Waals surface area contributed by atoms with Gasteiger partial charge in [0.2, 0.25) is 0 Å². The Morgan fingerprint density at radius 3 is 2.65 bits per heavy atom. The Hall–Kier alpha value is -1.56. The van der Waals surface area contributed by atoms with Crippen molar-refractivity contribution in [2.24, 2.45) is 0 Å². The van der Waals surface area contributed by atoms with E-state index in [4.69, 9.17) is 4.74 Å². The SMILES string of the molecule is CCn1cc(CC2(O)CN(C(=O)OC(C)(C)C)C2)cn1. The fraction of sp³-hybridized carbons (Fsp3) is 0.714. The summed E-state index contributed by atoms with van der Waals surface area (Å²) in [5, 5.41) is 14.6. The predicted molar refractivity (Wildman–Crippen MR) is 74.4 cm³/mol. The van der Waals surface area contributed by atoms with Gasteiger partial charge in [-0.05, 0) is 33.3 Å². The summed E-state index contributed by atoms with van der Waals surface area (Å²) in [5.41, 5.74) is -0.385. The van der Waals surface area contributed by atoms with Crippen LogP contribution >= 0.6 is 0 Å². The lowest BCUT2D eigenvalue weighted by Gasteiger charge is -2.46. The lowest BCUT2D eigenvalue weighted by molar-refractivity contribution is -0.0973. The summed E-state index contributed by atoms with van der Waals surface area (Å²) in [6, 6.07) is 0. The van der Waals surface area contributed by atoms with E-state index in [-0.39, 0.29) is 6.09 Å². The van der Waals surface area contributed by atoms with Crippen molar-refractivity contribution in [3.63, 3.8) is 0 Å². The molecule has 112 valence electrons. The number of likely N-dealkylation sites (tertiary alicyclic amines) is 1. The van der Waals surface area contributed by atoms with Crippen LogP contribution in [0.15, 0.2) is 12.4 Å². The molecule has 1 amide bonds. The smallest absolute Gasteiger partial charge is 0.410 e. The van der Waals surface area contributed by atoms with E-state index in [9.17, 15) is 9.90 Å². The number of rotatable bonds is 3. The predicted octanol–water partition coefficient (Wildman–Crippen LogP) is 1.43. The molecule has 1 aromatic heterocycles. The molecule has 1 saturated heterocycles. The standard InChI is InChI=1S/C14H23N3O3/c1-5-17-8-11(7-15-17)6-14(19)9-16(10-14)12(18)20-13(2,3)4/h7-8,19H,5-6,9-10H2,1-4H3. The molecule has 0 bridgehead atoms. The summed E-state index contributed by atoms with van der Waals surface area (Å²) in [6.45, 7) is 8.92. The maximum Gasteiger partial charge on any atom is 0.410 e. The molecular formula is C14H23N3O3. The quantitative estimate of drug-likeness (QED) is 0.910. The fourth-order valence-corrected chi connectivity index (χ4v) is 2.28. The highest BCUT2D eigenvalue weighted by Crippen LogP contribution is 2.26. The van der Waals surface area contributed by atoms with Gasteiger partial charge in [0.25, 0.3) is 0 Å². The van der Waals surface area contributed by atoms with E-state index in [2.05, 4.69) is 5.10 Å². The molecule has 6 nitrogen and oxygen atoms in total. The summed E-state index contributed by atoms with van der Waals surface area (Å²) in [5.74, 6) is 0. The Morgan fingerprint density at radius 1 is 1.50 bits per heavy atom. The van der Waals surface area contributed by atoms with Gasteiger partial charge in [-0.2, -0.15) is 5.10 Å². The van der Waals surface area contributed by atoms with Gasteiger partial charge in [0.15, 0.2) is 0 Å². The highest BCUT2D eigenvalue weighted by atomic mass is 16.6. The van der Waals surface area contributed by atoms with E-state index < -0.39 is 11.2 Å². The topological polar surface area (TPSA) is 67.6 Å². The van der Waals surface area contributed by atoms with Crippen LogP contribution in [0.1, 0.15) is 33.3 Å². The largest absolute Gasteiger partial charge is 0.444 e. The third-order valence-corrected chi connectivity index (χ3v) is 3.17. The zero-order chi connectivity index (χ0) is 15.0. The lowest BCUT2D eigenvalue weighted by atomic mass is 9.88. The van der Waals surface area contributed by atoms with Crippen molar-refractivity contribution in [3.8, 4) is 0 Å². The maximum atomic E-state index is 11.8.